The Morgan fingerprint density at radius 2 is 1.79 bits per heavy atom. The van der Waals surface area contributed by atoms with Crippen LogP contribution in [0.1, 0.15) is 38.7 Å². The minimum absolute atomic E-state index is 0.176. The lowest BCUT2D eigenvalue weighted by atomic mass is 9.78. The van der Waals surface area contributed by atoms with Crippen LogP contribution in [0.15, 0.2) is 30.3 Å². The van der Waals surface area contributed by atoms with Crippen LogP contribution in [0.5, 0.6) is 0 Å². The van der Waals surface area contributed by atoms with Crippen molar-refractivity contribution in [1.29, 1.82) is 0 Å². The minimum Gasteiger partial charge on any atom is -0.395 e. The second-order valence-electron chi connectivity index (χ2n) is 6.15. The molecule has 1 aliphatic carbocycles. The van der Waals surface area contributed by atoms with Crippen LogP contribution in [0.25, 0.3) is 0 Å². The molecular formula is C17H27NO. The van der Waals surface area contributed by atoms with Crippen LogP contribution in [-0.2, 0) is 6.42 Å². The monoisotopic (exact) mass is 261 g/mol. The molecule has 0 radical (unpaired) electrons. The number of benzene rings is 1. The molecule has 0 saturated heterocycles. The van der Waals surface area contributed by atoms with Gasteiger partial charge in [-0.15, -0.1) is 0 Å². The van der Waals surface area contributed by atoms with Gasteiger partial charge in [-0.25, -0.2) is 0 Å². The summed E-state index contributed by atoms with van der Waals surface area (Å²) >= 11 is 0. The molecule has 1 aromatic carbocycles. The number of aliphatic hydroxyl groups excluding tert-OH is 1. The number of hydrogen-bond acceptors (Lipinski definition) is 2. The molecule has 2 heteroatoms. The van der Waals surface area contributed by atoms with Gasteiger partial charge in [-0.1, -0.05) is 50.6 Å². The quantitative estimate of drug-likeness (QED) is 0.854. The van der Waals surface area contributed by atoms with Crippen LogP contribution in [0, 0.1) is 11.8 Å². The maximum absolute atomic E-state index is 9.63. The van der Waals surface area contributed by atoms with Gasteiger partial charge < -0.3 is 10.4 Å². The molecule has 19 heavy (non-hydrogen) atoms. The highest BCUT2D eigenvalue weighted by Gasteiger charge is 2.29. The van der Waals surface area contributed by atoms with Crippen LogP contribution < -0.4 is 5.32 Å². The third kappa shape index (κ3) is 4.05. The molecule has 1 fully saturated rings. The van der Waals surface area contributed by atoms with Crippen LogP contribution in [0.3, 0.4) is 0 Å². The first-order valence-electron chi connectivity index (χ1n) is 7.61. The molecule has 3 unspecified atom stereocenters. The van der Waals surface area contributed by atoms with Gasteiger partial charge >= 0.3 is 0 Å². The van der Waals surface area contributed by atoms with E-state index in [-0.39, 0.29) is 12.6 Å². The smallest absolute Gasteiger partial charge is 0.0587 e. The van der Waals surface area contributed by atoms with Crippen molar-refractivity contribution in [3.63, 3.8) is 0 Å². The first-order chi connectivity index (χ1) is 9.20. The predicted octanol–water partition coefficient (Wildman–Crippen LogP) is 3.00. The molecule has 1 saturated carbocycles. The van der Waals surface area contributed by atoms with Crippen LogP contribution in [-0.4, -0.2) is 23.8 Å². The van der Waals surface area contributed by atoms with E-state index in [9.17, 15) is 5.11 Å². The zero-order chi connectivity index (χ0) is 13.7. The van der Waals surface area contributed by atoms with Gasteiger partial charge in [0.1, 0.15) is 0 Å². The van der Waals surface area contributed by atoms with Crippen molar-refractivity contribution in [1.82, 2.24) is 5.32 Å². The van der Waals surface area contributed by atoms with E-state index in [1.165, 1.54) is 24.8 Å². The highest BCUT2D eigenvalue weighted by molar-refractivity contribution is 5.16. The molecule has 2 rings (SSSR count). The molecule has 2 N–H and O–H groups in total. The van der Waals surface area contributed by atoms with Gasteiger partial charge in [-0.3, -0.25) is 0 Å². The van der Waals surface area contributed by atoms with E-state index in [1.807, 2.05) is 6.07 Å². The summed E-state index contributed by atoms with van der Waals surface area (Å²) in [7, 11) is 0. The van der Waals surface area contributed by atoms with Crippen molar-refractivity contribution < 1.29 is 5.11 Å². The maximum atomic E-state index is 9.63. The highest BCUT2D eigenvalue weighted by Crippen LogP contribution is 2.29. The van der Waals surface area contributed by atoms with Gasteiger partial charge in [-0.2, -0.15) is 0 Å². The molecule has 0 aliphatic heterocycles. The fraction of sp³-hybridized carbons (Fsp3) is 0.647. The summed E-state index contributed by atoms with van der Waals surface area (Å²) in [6, 6.07) is 11.2. The normalized spacial score (nSPS) is 29.1. The number of nitrogens with one attached hydrogen (secondary N) is 1. The molecule has 0 heterocycles. The summed E-state index contributed by atoms with van der Waals surface area (Å²) < 4.78 is 0. The SMILES string of the molecule is CC1CCCC(C)C1NC(CO)Cc1ccccc1. The molecule has 0 amide bonds. The zero-order valence-electron chi connectivity index (χ0n) is 12.2. The summed E-state index contributed by atoms with van der Waals surface area (Å²) in [5, 5.41) is 13.3. The van der Waals surface area contributed by atoms with Gasteiger partial charge in [0.15, 0.2) is 0 Å². The van der Waals surface area contributed by atoms with Crippen LogP contribution in [0.2, 0.25) is 0 Å². The molecule has 0 bridgehead atoms. The van der Waals surface area contributed by atoms with E-state index < -0.39 is 0 Å². The largest absolute Gasteiger partial charge is 0.395 e. The summed E-state index contributed by atoms with van der Waals surface area (Å²) in [6.07, 6.45) is 4.88. The van der Waals surface area contributed by atoms with Gasteiger partial charge in [0.2, 0.25) is 0 Å². The Labute approximate surface area is 117 Å². The Bertz CT molecular complexity index is 355. The zero-order valence-corrected chi connectivity index (χ0v) is 12.2. The summed E-state index contributed by atoms with van der Waals surface area (Å²) in [6.45, 7) is 4.89. The van der Waals surface area contributed by atoms with Crippen molar-refractivity contribution in [3.8, 4) is 0 Å². The van der Waals surface area contributed by atoms with Gasteiger partial charge in [0, 0.05) is 12.1 Å². The Balaban J connectivity index is 1.94. The lowest BCUT2D eigenvalue weighted by Crippen LogP contribution is -2.49. The fourth-order valence-electron chi connectivity index (χ4n) is 3.36. The van der Waals surface area contributed by atoms with E-state index in [2.05, 4.69) is 43.4 Å². The lowest BCUT2D eigenvalue weighted by Gasteiger charge is -2.37. The van der Waals surface area contributed by atoms with E-state index in [0.29, 0.717) is 17.9 Å². The predicted molar refractivity (Wildman–Crippen MR) is 80.1 cm³/mol. The van der Waals surface area contributed by atoms with E-state index in [1.54, 1.807) is 0 Å². The van der Waals surface area contributed by atoms with Gasteiger partial charge in [0.25, 0.3) is 0 Å². The van der Waals surface area contributed by atoms with Crippen molar-refractivity contribution >= 4 is 0 Å². The van der Waals surface area contributed by atoms with Crippen LogP contribution >= 0.6 is 0 Å². The van der Waals surface area contributed by atoms with Crippen molar-refractivity contribution in [2.24, 2.45) is 11.8 Å². The molecule has 0 spiro atoms. The fourth-order valence-corrected chi connectivity index (χ4v) is 3.36. The Morgan fingerprint density at radius 3 is 2.37 bits per heavy atom. The molecule has 1 aromatic rings. The van der Waals surface area contributed by atoms with Crippen molar-refractivity contribution in [2.45, 2.75) is 51.6 Å². The third-order valence-corrected chi connectivity index (χ3v) is 4.52. The molecule has 0 aromatic heterocycles. The first-order valence-corrected chi connectivity index (χ1v) is 7.61. The van der Waals surface area contributed by atoms with E-state index in [4.69, 9.17) is 0 Å². The van der Waals surface area contributed by atoms with Crippen molar-refractivity contribution in [2.75, 3.05) is 6.61 Å². The van der Waals surface area contributed by atoms with Gasteiger partial charge in [0.05, 0.1) is 6.61 Å². The number of hydrogen-bond donors (Lipinski definition) is 2. The minimum atomic E-state index is 0.176. The Kier molecular flexibility index (Phi) is 5.41. The summed E-state index contributed by atoms with van der Waals surface area (Å²) in [5.74, 6) is 1.43. The maximum Gasteiger partial charge on any atom is 0.0587 e. The first kappa shape index (κ1) is 14.5. The highest BCUT2D eigenvalue weighted by atomic mass is 16.3. The topological polar surface area (TPSA) is 32.3 Å². The second-order valence-corrected chi connectivity index (χ2v) is 6.15. The van der Waals surface area contributed by atoms with E-state index in [0.717, 1.165) is 6.42 Å². The summed E-state index contributed by atoms with van der Waals surface area (Å²) in [4.78, 5) is 0. The van der Waals surface area contributed by atoms with Crippen LogP contribution in [0.4, 0.5) is 0 Å². The van der Waals surface area contributed by atoms with Gasteiger partial charge in [-0.05, 0) is 36.7 Å². The second kappa shape index (κ2) is 7.06. The number of aliphatic hydroxyl groups is 1. The third-order valence-electron chi connectivity index (χ3n) is 4.52. The molecule has 2 nitrogen and oxygen atoms in total. The molecule has 106 valence electrons. The molecular weight excluding hydrogens is 234 g/mol. The number of rotatable bonds is 5. The lowest BCUT2D eigenvalue weighted by molar-refractivity contribution is 0.160. The Hall–Kier alpha value is -0.860. The summed E-state index contributed by atoms with van der Waals surface area (Å²) in [5.41, 5.74) is 1.30. The average molecular weight is 261 g/mol. The van der Waals surface area contributed by atoms with E-state index >= 15 is 0 Å². The Morgan fingerprint density at radius 1 is 1.16 bits per heavy atom. The average Bonchev–Trinajstić information content (AvgIpc) is 2.43. The van der Waals surface area contributed by atoms with Crippen molar-refractivity contribution in [3.05, 3.63) is 35.9 Å². The standard InChI is InChI=1S/C17H27NO/c1-13-7-6-8-14(2)17(13)18-16(12-19)11-15-9-4-3-5-10-15/h3-5,9-10,13-14,16-19H,6-8,11-12H2,1-2H3. The molecule has 3 atom stereocenters. The molecule has 1 aliphatic rings.